The van der Waals surface area contributed by atoms with Crippen molar-refractivity contribution in [1.29, 1.82) is 0 Å². The highest BCUT2D eigenvalue weighted by Crippen LogP contribution is 2.62. The summed E-state index contributed by atoms with van der Waals surface area (Å²) in [4.78, 5) is 29.6. The van der Waals surface area contributed by atoms with Crippen LogP contribution in [0, 0.1) is 17.3 Å². The first-order valence-electron chi connectivity index (χ1n) is 8.64. The van der Waals surface area contributed by atoms with Crippen LogP contribution in [0.15, 0.2) is 0 Å². The topological polar surface area (TPSA) is 40.6 Å². The predicted octanol–water partition coefficient (Wildman–Crippen LogP) is 2.03. The molecule has 2 saturated carbocycles. The molecule has 2 atom stereocenters. The molecule has 116 valence electrons. The second-order valence-corrected chi connectivity index (χ2v) is 7.98. The Morgan fingerprint density at radius 1 is 1.14 bits per heavy atom. The summed E-state index contributed by atoms with van der Waals surface area (Å²) in [6.45, 7) is 5.78. The molecule has 4 aliphatic rings. The summed E-state index contributed by atoms with van der Waals surface area (Å²) < 4.78 is 0. The van der Waals surface area contributed by atoms with Crippen molar-refractivity contribution in [1.82, 2.24) is 9.80 Å². The third-order valence-electron chi connectivity index (χ3n) is 6.15. The molecule has 0 N–H and O–H groups in total. The number of carbonyl (C=O) groups is 2. The highest BCUT2D eigenvalue weighted by molar-refractivity contribution is 5.97. The van der Waals surface area contributed by atoms with Crippen LogP contribution in [0.2, 0.25) is 0 Å². The van der Waals surface area contributed by atoms with Gasteiger partial charge in [0.15, 0.2) is 0 Å². The van der Waals surface area contributed by atoms with Gasteiger partial charge in [-0.1, -0.05) is 13.8 Å². The second-order valence-electron chi connectivity index (χ2n) is 7.98. The molecule has 4 fully saturated rings. The Morgan fingerprint density at radius 2 is 1.86 bits per heavy atom. The summed E-state index contributed by atoms with van der Waals surface area (Å²) in [6, 6.07) is -0.370. The molecule has 4 rings (SSSR count). The van der Waals surface area contributed by atoms with Gasteiger partial charge >= 0.3 is 0 Å². The molecule has 2 saturated heterocycles. The lowest BCUT2D eigenvalue weighted by Crippen LogP contribution is -2.65. The monoisotopic (exact) mass is 290 g/mol. The van der Waals surface area contributed by atoms with Crippen molar-refractivity contribution in [2.75, 3.05) is 13.1 Å². The number of fused-ring (bicyclic) bond motifs is 1. The maximum atomic E-state index is 12.9. The molecule has 21 heavy (non-hydrogen) atoms. The van der Waals surface area contributed by atoms with Gasteiger partial charge in [0.2, 0.25) is 11.8 Å². The third kappa shape index (κ3) is 2.01. The van der Waals surface area contributed by atoms with E-state index >= 15 is 0 Å². The van der Waals surface area contributed by atoms with Crippen LogP contribution < -0.4 is 0 Å². The van der Waals surface area contributed by atoms with Crippen LogP contribution in [0.3, 0.4) is 0 Å². The minimum Gasteiger partial charge on any atom is -0.329 e. The lowest BCUT2D eigenvalue weighted by atomic mass is 9.92. The van der Waals surface area contributed by atoms with Crippen molar-refractivity contribution >= 4 is 11.8 Å². The second kappa shape index (κ2) is 4.47. The van der Waals surface area contributed by atoms with Crippen LogP contribution in [0.25, 0.3) is 0 Å². The molecular formula is C17H26N2O2. The Morgan fingerprint density at radius 3 is 2.43 bits per heavy atom. The van der Waals surface area contributed by atoms with E-state index in [1.807, 2.05) is 9.80 Å². The van der Waals surface area contributed by atoms with Crippen molar-refractivity contribution < 1.29 is 9.59 Å². The van der Waals surface area contributed by atoms with E-state index in [1.165, 1.54) is 25.7 Å². The Hall–Kier alpha value is -1.06. The van der Waals surface area contributed by atoms with Gasteiger partial charge in [0.25, 0.3) is 0 Å². The van der Waals surface area contributed by atoms with Crippen LogP contribution in [0.1, 0.15) is 52.4 Å². The van der Waals surface area contributed by atoms with E-state index in [9.17, 15) is 9.59 Å². The van der Waals surface area contributed by atoms with Gasteiger partial charge in [-0.15, -0.1) is 0 Å². The fourth-order valence-corrected chi connectivity index (χ4v) is 4.63. The van der Waals surface area contributed by atoms with E-state index < -0.39 is 0 Å². The first-order valence-corrected chi connectivity index (χ1v) is 8.64. The molecule has 0 spiro atoms. The highest BCUT2D eigenvalue weighted by atomic mass is 16.2. The molecule has 0 bridgehead atoms. The highest BCUT2D eigenvalue weighted by Gasteiger charge is 2.58. The first kappa shape index (κ1) is 13.6. The minimum atomic E-state index is -0.219. The molecule has 2 amide bonds. The van der Waals surface area contributed by atoms with Gasteiger partial charge in [0.05, 0.1) is 0 Å². The van der Waals surface area contributed by atoms with E-state index in [0.717, 1.165) is 31.8 Å². The zero-order valence-electron chi connectivity index (χ0n) is 13.2. The number of piperazine rings is 1. The fraction of sp³-hybridized carbons (Fsp3) is 0.882. The van der Waals surface area contributed by atoms with Crippen LogP contribution >= 0.6 is 0 Å². The molecule has 0 aromatic rings. The molecule has 0 radical (unpaired) electrons. The van der Waals surface area contributed by atoms with Crippen molar-refractivity contribution in [3.05, 3.63) is 0 Å². The van der Waals surface area contributed by atoms with Gasteiger partial charge in [-0.05, 0) is 55.8 Å². The zero-order chi connectivity index (χ0) is 14.8. The Bertz CT molecular complexity index is 479. The molecule has 0 aromatic heterocycles. The van der Waals surface area contributed by atoms with Crippen molar-refractivity contribution in [2.24, 2.45) is 17.3 Å². The molecular weight excluding hydrogens is 264 g/mol. The minimum absolute atomic E-state index is 0.150. The van der Waals surface area contributed by atoms with Crippen molar-refractivity contribution in [3.63, 3.8) is 0 Å². The lowest BCUT2D eigenvalue weighted by Gasteiger charge is -2.45. The molecule has 2 aliphatic heterocycles. The summed E-state index contributed by atoms with van der Waals surface area (Å²) in [5.74, 6) is 1.48. The van der Waals surface area contributed by atoms with Gasteiger partial charge in [-0.2, -0.15) is 0 Å². The Kier molecular flexibility index (Phi) is 2.89. The average molecular weight is 290 g/mol. The van der Waals surface area contributed by atoms with E-state index in [2.05, 4.69) is 13.8 Å². The normalized spacial score (nSPS) is 34.6. The number of nitrogens with zero attached hydrogens (tertiary/aromatic N) is 2. The van der Waals surface area contributed by atoms with Gasteiger partial charge in [-0.25, -0.2) is 0 Å². The molecule has 0 aromatic carbocycles. The smallest absolute Gasteiger partial charge is 0.246 e. The number of carbonyl (C=O) groups excluding carboxylic acids is 2. The molecule has 2 heterocycles. The average Bonchev–Trinajstić information content (AvgIpc) is 3.34. The van der Waals surface area contributed by atoms with E-state index in [-0.39, 0.29) is 29.8 Å². The van der Waals surface area contributed by atoms with Gasteiger partial charge in [0.1, 0.15) is 12.1 Å². The van der Waals surface area contributed by atoms with Crippen molar-refractivity contribution in [3.8, 4) is 0 Å². The van der Waals surface area contributed by atoms with Crippen LogP contribution in [-0.4, -0.2) is 46.8 Å². The summed E-state index contributed by atoms with van der Waals surface area (Å²) in [5, 5.41) is 0. The standard InChI is InChI=1S/C17H26N2O2/c1-11(2)14-16(21)18-9-3-4-13(18)15(20)19(14)10-17(7-8-17)12-5-6-12/h11-14H,3-10H2,1-2H3. The Balaban J connectivity index is 1.62. The number of hydrogen-bond acceptors (Lipinski definition) is 2. The van der Waals surface area contributed by atoms with E-state index in [0.29, 0.717) is 5.41 Å². The first-order chi connectivity index (χ1) is 10.0. The molecule has 4 heteroatoms. The van der Waals surface area contributed by atoms with E-state index in [1.54, 1.807) is 0 Å². The Labute approximate surface area is 126 Å². The number of rotatable bonds is 4. The van der Waals surface area contributed by atoms with Crippen molar-refractivity contribution in [2.45, 2.75) is 64.5 Å². The zero-order valence-corrected chi connectivity index (χ0v) is 13.2. The number of amides is 2. The SMILES string of the molecule is CC(C)C1C(=O)N2CCCC2C(=O)N1CC1(C2CC2)CC1. The van der Waals surface area contributed by atoms with Gasteiger partial charge in [-0.3, -0.25) is 9.59 Å². The predicted molar refractivity (Wildman–Crippen MR) is 79.5 cm³/mol. The van der Waals surface area contributed by atoms with Crippen LogP contribution in [0.4, 0.5) is 0 Å². The van der Waals surface area contributed by atoms with E-state index in [4.69, 9.17) is 0 Å². The summed E-state index contributed by atoms with van der Waals surface area (Å²) in [5.41, 5.74) is 0.379. The summed E-state index contributed by atoms with van der Waals surface area (Å²) in [6.07, 6.45) is 7.02. The third-order valence-corrected chi connectivity index (χ3v) is 6.15. The van der Waals surface area contributed by atoms with Gasteiger partial charge < -0.3 is 9.80 Å². The summed E-state index contributed by atoms with van der Waals surface area (Å²) >= 11 is 0. The molecule has 2 aliphatic carbocycles. The van der Waals surface area contributed by atoms with Crippen LogP contribution in [-0.2, 0) is 9.59 Å². The maximum Gasteiger partial charge on any atom is 0.246 e. The molecule has 4 nitrogen and oxygen atoms in total. The quantitative estimate of drug-likeness (QED) is 0.795. The summed E-state index contributed by atoms with van der Waals surface area (Å²) in [7, 11) is 0. The fourth-order valence-electron chi connectivity index (χ4n) is 4.63. The van der Waals surface area contributed by atoms with Crippen LogP contribution in [0.5, 0.6) is 0 Å². The maximum absolute atomic E-state index is 12.9. The van der Waals surface area contributed by atoms with Gasteiger partial charge in [0, 0.05) is 13.1 Å². The lowest BCUT2D eigenvalue weighted by molar-refractivity contribution is -0.162. The molecule has 2 unspecified atom stereocenters. The number of hydrogen-bond donors (Lipinski definition) is 0. The largest absolute Gasteiger partial charge is 0.329 e.